The first-order valence-electron chi connectivity index (χ1n) is 7.17. The largest absolute Gasteiger partial charge is 0.493 e. The monoisotopic (exact) mass is 335 g/mol. The molecule has 2 aromatic carbocycles. The molecule has 0 aliphatic carbocycles. The third kappa shape index (κ3) is 5.26. The number of rotatable bonds is 7. The van der Waals surface area contributed by atoms with Gasteiger partial charge in [-0.05, 0) is 23.3 Å². The third-order valence-electron chi connectivity index (χ3n) is 3.34. The zero-order valence-corrected chi connectivity index (χ0v) is 14.0. The summed E-state index contributed by atoms with van der Waals surface area (Å²) in [5, 5.41) is 0. The fraction of sp³-hybridized carbons (Fsp3) is 0.294. The lowest BCUT2D eigenvalue weighted by molar-refractivity contribution is 0.284. The Kier molecular flexibility index (Phi) is 5.63. The van der Waals surface area contributed by atoms with E-state index in [1.807, 2.05) is 30.3 Å². The standard InChI is InChI=1S/C17H21NO4S/c1-21-17-10-14(15(18)12-23(2,19)20)8-9-16(17)22-11-13-6-4-3-5-7-13/h3-10,15H,11-12,18H2,1-2H3. The lowest BCUT2D eigenvalue weighted by atomic mass is 10.1. The van der Waals surface area contributed by atoms with Crippen LogP contribution in [0.3, 0.4) is 0 Å². The minimum Gasteiger partial charge on any atom is -0.493 e. The summed E-state index contributed by atoms with van der Waals surface area (Å²) in [4.78, 5) is 0. The van der Waals surface area contributed by atoms with Gasteiger partial charge in [-0.3, -0.25) is 0 Å². The maximum Gasteiger partial charge on any atom is 0.161 e. The summed E-state index contributed by atoms with van der Waals surface area (Å²) < 4.78 is 33.8. The van der Waals surface area contributed by atoms with Crippen molar-refractivity contribution in [3.8, 4) is 11.5 Å². The molecular formula is C17H21NO4S. The van der Waals surface area contributed by atoms with E-state index in [9.17, 15) is 8.42 Å². The van der Waals surface area contributed by atoms with Gasteiger partial charge in [0, 0.05) is 12.3 Å². The Balaban J connectivity index is 2.13. The molecule has 0 aromatic heterocycles. The zero-order valence-electron chi connectivity index (χ0n) is 13.2. The van der Waals surface area contributed by atoms with Crippen LogP contribution >= 0.6 is 0 Å². The number of nitrogens with two attached hydrogens (primary N) is 1. The maximum absolute atomic E-state index is 11.4. The molecule has 0 saturated heterocycles. The van der Waals surface area contributed by atoms with Gasteiger partial charge in [-0.2, -0.15) is 0 Å². The molecule has 124 valence electrons. The molecule has 2 N–H and O–H groups in total. The molecule has 0 bridgehead atoms. The lowest BCUT2D eigenvalue weighted by Crippen LogP contribution is -2.20. The number of hydrogen-bond acceptors (Lipinski definition) is 5. The molecule has 0 aliphatic rings. The summed E-state index contributed by atoms with van der Waals surface area (Å²) in [5.41, 5.74) is 7.69. The Morgan fingerprint density at radius 2 is 1.78 bits per heavy atom. The van der Waals surface area contributed by atoms with Crippen molar-refractivity contribution in [2.24, 2.45) is 5.73 Å². The molecule has 0 spiro atoms. The van der Waals surface area contributed by atoms with Crippen LogP contribution < -0.4 is 15.2 Å². The molecule has 0 fully saturated rings. The SMILES string of the molecule is COc1cc(C(N)CS(C)(=O)=O)ccc1OCc1ccccc1. The second-order valence-electron chi connectivity index (χ2n) is 5.38. The second kappa shape index (κ2) is 7.48. The number of sulfone groups is 1. The Bertz CT molecular complexity index is 744. The first-order valence-corrected chi connectivity index (χ1v) is 9.23. The molecule has 1 unspecified atom stereocenters. The first kappa shape index (κ1) is 17.3. The molecule has 0 heterocycles. The summed E-state index contributed by atoms with van der Waals surface area (Å²) in [7, 11) is -1.61. The Hall–Kier alpha value is -2.05. The fourth-order valence-corrected chi connectivity index (χ4v) is 3.04. The Morgan fingerprint density at radius 3 is 2.39 bits per heavy atom. The van der Waals surface area contributed by atoms with Crippen molar-refractivity contribution in [2.45, 2.75) is 12.6 Å². The van der Waals surface area contributed by atoms with Crippen molar-refractivity contribution in [3.63, 3.8) is 0 Å². The van der Waals surface area contributed by atoms with E-state index in [0.29, 0.717) is 23.7 Å². The summed E-state index contributed by atoms with van der Waals surface area (Å²) in [5.74, 6) is 1.01. The van der Waals surface area contributed by atoms with E-state index < -0.39 is 15.9 Å². The van der Waals surface area contributed by atoms with Crippen LogP contribution in [0, 0.1) is 0 Å². The van der Waals surface area contributed by atoms with Gasteiger partial charge in [0.1, 0.15) is 16.4 Å². The summed E-state index contributed by atoms with van der Waals surface area (Å²) in [6.45, 7) is 0.423. The average Bonchev–Trinajstić information content (AvgIpc) is 2.52. The van der Waals surface area contributed by atoms with E-state index >= 15 is 0 Å². The molecule has 2 aromatic rings. The molecular weight excluding hydrogens is 314 g/mol. The molecule has 0 radical (unpaired) electrons. The van der Waals surface area contributed by atoms with E-state index in [1.54, 1.807) is 18.2 Å². The van der Waals surface area contributed by atoms with Crippen LogP contribution in [-0.4, -0.2) is 27.5 Å². The Labute approximate surface area is 137 Å². The molecule has 5 nitrogen and oxygen atoms in total. The summed E-state index contributed by atoms with van der Waals surface area (Å²) in [6, 6.07) is 14.4. The van der Waals surface area contributed by atoms with E-state index in [1.165, 1.54) is 13.4 Å². The Morgan fingerprint density at radius 1 is 1.09 bits per heavy atom. The predicted octanol–water partition coefficient (Wildman–Crippen LogP) is 2.32. The van der Waals surface area contributed by atoms with Gasteiger partial charge in [-0.1, -0.05) is 36.4 Å². The topological polar surface area (TPSA) is 78.6 Å². The van der Waals surface area contributed by atoms with Crippen LogP contribution in [0.15, 0.2) is 48.5 Å². The minimum atomic E-state index is -3.14. The quantitative estimate of drug-likeness (QED) is 0.840. The number of benzene rings is 2. The van der Waals surface area contributed by atoms with Gasteiger partial charge in [0.25, 0.3) is 0 Å². The molecule has 1 atom stereocenters. The van der Waals surface area contributed by atoms with Crippen molar-refractivity contribution in [2.75, 3.05) is 19.1 Å². The van der Waals surface area contributed by atoms with E-state index in [2.05, 4.69) is 0 Å². The normalized spacial score (nSPS) is 12.7. The predicted molar refractivity (Wildman–Crippen MR) is 90.4 cm³/mol. The van der Waals surface area contributed by atoms with Gasteiger partial charge in [0.2, 0.25) is 0 Å². The van der Waals surface area contributed by atoms with Crippen molar-refractivity contribution in [1.29, 1.82) is 0 Å². The van der Waals surface area contributed by atoms with Gasteiger partial charge in [0.15, 0.2) is 11.5 Å². The number of hydrogen-bond donors (Lipinski definition) is 1. The van der Waals surface area contributed by atoms with Crippen molar-refractivity contribution >= 4 is 9.84 Å². The van der Waals surface area contributed by atoms with Crippen molar-refractivity contribution in [3.05, 3.63) is 59.7 Å². The van der Waals surface area contributed by atoms with Gasteiger partial charge < -0.3 is 15.2 Å². The minimum absolute atomic E-state index is 0.111. The van der Waals surface area contributed by atoms with Crippen LogP contribution in [0.4, 0.5) is 0 Å². The molecule has 0 saturated carbocycles. The van der Waals surface area contributed by atoms with Gasteiger partial charge in [-0.25, -0.2) is 8.42 Å². The van der Waals surface area contributed by atoms with Crippen LogP contribution in [-0.2, 0) is 16.4 Å². The second-order valence-corrected chi connectivity index (χ2v) is 7.57. The molecule has 0 amide bonds. The van der Waals surface area contributed by atoms with Gasteiger partial charge in [-0.15, -0.1) is 0 Å². The van der Waals surface area contributed by atoms with Crippen LogP contribution in [0.1, 0.15) is 17.2 Å². The molecule has 23 heavy (non-hydrogen) atoms. The maximum atomic E-state index is 11.4. The molecule has 6 heteroatoms. The number of ether oxygens (including phenoxy) is 2. The van der Waals surface area contributed by atoms with E-state index in [-0.39, 0.29) is 5.75 Å². The lowest BCUT2D eigenvalue weighted by Gasteiger charge is -2.15. The smallest absolute Gasteiger partial charge is 0.161 e. The highest BCUT2D eigenvalue weighted by molar-refractivity contribution is 7.90. The van der Waals surface area contributed by atoms with E-state index in [0.717, 1.165) is 5.56 Å². The highest BCUT2D eigenvalue weighted by Crippen LogP contribution is 2.30. The van der Waals surface area contributed by atoms with Gasteiger partial charge >= 0.3 is 0 Å². The van der Waals surface area contributed by atoms with Crippen LogP contribution in [0.25, 0.3) is 0 Å². The zero-order chi connectivity index (χ0) is 16.9. The average molecular weight is 335 g/mol. The highest BCUT2D eigenvalue weighted by atomic mass is 32.2. The van der Waals surface area contributed by atoms with Crippen LogP contribution in [0.5, 0.6) is 11.5 Å². The van der Waals surface area contributed by atoms with E-state index in [4.69, 9.17) is 15.2 Å². The molecule has 0 aliphatic heterocycles. The number of methoxy groups -OCH3 is 1. The summed E-state index contributed by atoms with van der Waals surface area (Å²) >= 11 is 0. The summed E-state index contributed by atoms with van der Waals surface area (Å²) in [6.07, 6.45) is 1.17. The van der Waals surface area contributed by atoms with Gasteiger partial charge in [0.05, 0.1) is 12.9 Å². The first-order chi connectivity index (χ1) is 10.9. The van der Waals surface area contributed by atoms with Crippen LogP contribution in [0.2, 0.25) is 0 Å². The van der Waals surface area contributed by atoms with Crippen molar-refractivity contribution in [1.82, 2.24) is 0 Å². The molecule has 2 rings (SSSR count). The fourth-order valence-electron chi connectivity index (χ4n) is 2.19. The van der Waals surface area contributed by atoms with Crippen molar-refractivity contribution < 1.29 is 17.9 Å². The highest BCUT2D eigenvalue weighted by Gasteiger charge is 2.15. The third-order valence-corrected chi connectivity index (χ3v) is 4.30.